The van der Waals surface area contributed by atoms with Crippen LogP contribution < -0.4 is 10.1 Å². The molecule has 186 valence electrons. The Morgan fingerprint density at radius 1 is 1.03 bits per heavy atom. The number of hydrogen-bond donors (Lipinski definition) is 1. The average molecular weight is 498 g/mol. The number of nitro groups is 1. The van der Waals surface area contributed by atoms with Crippen molar-refractivity contribution < 1.29 is 23.3 Å². The highest BCUT2D eigenvalue weighted by molar-refractivity contribution is 6.03. The van der Waals surface area contributed by atoms with Crippen LogP contribution in [0.4, 0.5) is 11.4 Å². The SMILES string of the molecule is COc1ccc(-c2nc3cc(C(C)C)ccc3o2)cc1NC(=O)c1ccc(-c2ccccc2[N+](=O)[O-])o1. The summed E-state index contributed by atoms with van der Waals surface area (Å²) in [5.74, 6) is 0.863. The van der Waals surface area contributed by atoms with Crippen molar-refractivity contribution in [3.05, 3.63) is 94.2 Å². The molecule has 1 amide bonds. The number of fused-ring (bicyclic) bond motifs is 1. The number of carbonyl (C=O) groups is 1. The van der Waals surface area contributed by atoms with E-state index in [9.17, 15) is 14.9 Å². The fraction of sp³-hybridized carbons (Fsp3) is 0.143. The maximum Gasteiger partial charge on any atom is 0.291 e. The predicted octanol–water partition coefficient (Wildman–Crippen LogP) is 7.05. The van der Waals surface area contributed by atoms with Gasteiger partial charge in [-0.3, -0.25) is 14.9 Å². The Labute approximate surface area is 211 Å². The maximum atomic E-state index is 13.0. The number of nitrogens with zero attached hydrogens (tertiary/aromatic N) is 2. The Morgan fingerprint density at radius 3 is 2.59 bits per heavy atom. The number of rotatable bonds is 7. The number of anilines is 1. The fourth-order valence-electron chi connectivity index (χ4n) is 4.00. The van der Waals surface area contributed by atoms with Crippen LogP contribution in [-0.2, 0) is 0 Å². The van der Waals surface area contributed by atoms with Gasteiger partial charge in [0.15, 0.2) is 11.3 Å². The van der Waals surface area contributed by atoms with E-state index in [2.05, 4.69) is 24.1 Å². The summed E-state index contributed by atoms with van der Waals surface area (Å²) >= 11 is 0. The summed E-state index contributed by atoms with van der Waals surface area (Å²) in [7, 11) is 1.50. The molecule has 2 heterocycles. The van der Waals surface area contributed by atoms with Crippen molar-refractivity contribution in [2.75, 3.05) is 12.4 Å². The summed E-state index contributed by atoms with van der Waals surface area (Å²) in [6, 6.07) is 20.3. The van der Waals surface area contributed by atoms with Crippen LogP contribution in [0.3, 0.4) is 0 Å². The van der Waals surface area contributed by atoms with E-state index in [0.29, 0.717) is 34.4 Å². The fourth-order valence-corrected chi connectivity index (χ4v) is 4.00. The lowest BCUT2D eigenvalue weighted by Gasteiger charge is -2.10. The third-order valence-electron chi connectivity index (χ3n) is 5.97. The number of carbonyl (C=O) groups excluding carboxylic acids is 1. The highest BCUT2D eigenvalue weighted by atomic mass is 16.6. The van der Waals surface area contributed by atoms with Gasteiger partial charge in [-0.1, -0.05) is 32.0 Å². The number of aromatic nitrogens is 1. The molecule has 0 fully saturated rings. The topological polar surface area (TPSA) is 121 Å². The van der Waals surface area contributed by atoms with Crippen LogP contribution in [-0.4, -0.2) is 22.9 Å². The molecule has 0 aliphatic heterocycles. The molecule has 9 heteroatoms. The van der Waals surface area contributed by atoms with Gasteiger partial charge in [0.05, 0.1) is 23.3 Å². The van der Waals surface area contributed by atoms with Crippen molar-refractivity contribution in [3.8, 4) is 28.5 Å². The highest BCUT2D eigenvalue weighted by Crippen LogP contribution is 2.34. The van der Waals surface area contributed by atoms with Gasteiger partial charge in [-0.2, -0.15) is 0 Å². The Bertz CT molecular complexity index is 1630. The first-order valence-corrected chi connectivity index (χ1v) is 11.6. The van der Waals surface area contributed by atoms with Crippen molar-refractivity contribution in [3.63, 3.8) is 0 Å². The normalized spacial score (nSPS) is 11.1. The van der Waals surface area contributed by atoms with Crippen LogP contribution in [0.15, 0.2) is 81.6 Å². The highest BCUT2D eigenvalue weighted by Gasteiger charge is 2.21. The molecule has 2 aromatic heterocycles. The number of oxazole rings is 1. The van der Waals surface area contributed by atoms with E-state index >= 15 is 0 Å². The van der Waals surface area contributed by atoms with E-state index in [4.69, 9.17) is 13.6 Å². The second-order valence-electron chi connectivity index (χ2n) is 8.71. The number of amides is 1. The minimum atomic E-state index is -0.542. The first-order chi connectivity index (χ1) is 17.8. The molecule has 9 nitrogen and oxygen atoms in total. The number of hydrogen-bond acceptors (Lipinski definition) is 7. The van der Waals surface area contributed by atoms with Crippen LogP contribution in [0.1, 0.15) is 35.9 Å². The molecule has 37 heavy (non-hydrogen) atoms. The van der Waals surface area contributed by atoms with Gasteiger partial charge < -0.3 is 18.9 Å². The van der Waals surface area contributed by atoms with E-state index in [1.165, 1.54) is 25.3 Å². The van der Waals surface area contributed by atoms with Crippen molar-refractivity contribution >= 4 is 28.4 Å². The molecule has 0 atom stereocenters. The zero-order valence-corrected chi connectivity index (χ0v) is 20.3. The van der Waals surface area contributed by atoms with Crippen molar-refractivity contribution in [1.82, 2.24) is 4.98 Å². The van der Waals surface area contributed by atoms with Gasteiger partial charge in [-0.15, -0.1) is 0 Å². The lowest BCUT2D eigenvalue weighted by Crippen LogP contribution is -2.11. The molecule has 0 aliphatic rings. The molecule has 0 saturated carbocycles. The number of ether oxygens (including phenoxy) is 1. The second kappa shape index (κ2) is 9.62. The second-order valence-corrected chi connectivity index (χ2v) is 8.71. The van der Waals surface area contributed by atoms with Gasteiger partial charge >= 0.3 is 0 Å². The molecule has 1 N–H and O–H groups in total. The molecule has 0 bridgehead atoms. The van der Waals surface area contributed by atoms with Crippen molar-refractivity contribution in [2.24, 2.45) is 0 Å². The van der Waals surface area contributed by atoms with Gasteiger partial charge in [0.1, 0.15) is 17.0 Å². The minimum absolute atomic E-state index is 0.0105. The third kappa shape index (κ3) is 4.66. The molecular formula is C28H23N3O6. The monoisotopic (exact) mass is 497 g/mol. The summed E-state index contributed by atoms with van der Waals surface area (Å²) in [5.41, 5.74) is 3.78. The zero-order chi connectivity index (χ0) is 26.1. The minimum Gasteiger partial charge on any atom is -0.495 e. The summed E-state index contributed by atoms with van der Waals surface area (Å²) in [6.07, 6.45) is 0. The van der Waals surface area contributed by atoms with Crippen LogP contribution in [0.25, 0.3) is 33.9 Å². The molecule has 0 radical (unpaired) electrons. The van der Waals surface area contributed by atoms with E-state index in [1.54, 1.807) is 36.4 Å². The lowest BCUT2D eigenvalue weighted by molar-refractivity contribution is -0.384. The van der Waals surface area contributed by atoms with Gasteiger partial charge in [0.2, 0.25) is 5.89 Å². The van der Waals surface area contributed by atoms with Gasteiger partial charge in [0, 0.05) is 11.6 Å². The lowest BCUT2D eigenvalue weighted by atomic mass is 10.0. The molecule has 5 rings (SSSR count). The van der Waals surface area contributed by atoms with Gasteiger partial charge in [0.25, 0.3) is 11.6 Å². The van der Waals surface area contributed by atoms with E-state index in [1.807, 2.05) is 18.2 Å². The molecule has 0 aliphatic carbocycles. The molecule has 0 saturated heterocycles. The zero-order valence-electron chi connectivity index (χ0n) is 20.3. The number of benzene rings is 3. The van der Waals surface area contributed by atoms with Crippen molar-refractivity contribution in [1.29, 1.82) is 0 Å². The van der Waals surface area contributed by atoms with Gasteiger partial charge in [-0.05, 0) is 60.0 Å². The maximum absolute atomic E-state index is 13.0. The number of nitro benzene ring substituents is 1. The number of nitrogens with one attached hydrogen (secondary N) is 1. The van der Waals surface area contributed by atoms with Crippen molar-refractivity contribution in [2.45, 2.75) is 19.8 Å². The average Bonchev–Trinajstić information content (AvgIpc) is 3.56. The Balaban J connectivity index is 1.43. The van der Waals surface area contributed by atoms with Gasteiger partial charge in [-0.25, -0.2) is 4.98 Å². The van der Waals surface area contributed by atoms with E-state index < -0.39 is 10.8 Å². The molecule has 5 aromatic rings. The summed E-state index contributed by atoms with van der Waals surface area (Å²) in [5, 5.41) is 14.1. The number of methoxy groups -OCH3 is 1. The standard InChI is InChI=1S/C28H23N3O6/c1-16(2)17-8-11-25-21(14-17)30-28(37-25)18-9-10-24(35-3)20(15-18)29-27(32)26-13-12-23(36-26)19-6-4-5-7-22(19)31(33)34/h4-16H,1-3H3,(H,29,32). The van der Waals surface area contributed by atoms with Crippen LogP contribution in [0, 0.1) is 10.1 Å². The summed E-state index contributed by atoms with van der Waals surface area (Å²) < 4.78 is 17.0. The Morgan fingerprint density at radius 2 is 1.84 bits per heavy atom. The van der Waals surface area contributed by atoms with E-state index in [-0.39, 0.29) is 22.8 Å². The van der Waals surface area contributed by atoms with Crippen LogP contribution in [0.2, 0.25) is 0 Å². The Hall–Kier alpha value is -4.92. The molecule has 3 aromatic carbocycles. The first kappa shape index (κ1) is 23.8. The number of para-hydroxylation sites is 1. The first-order valence-electron chi connectivity index (χ1n) is 11.6. The number of furan rings is 1. The predicted molar refractivity (Wildman–Crippen MR) is 139 cm³/mol. The van der Waals surface area contributed by atoms with Crippen LogP contribution in [0.5, 0.6) is 5.75 Å². The molecule has 0 spiro atoms. The summed E-state index contributed by atoms with van der Waals surface area (Å²) in [4.78, 5) is 28.5. The molecule has 0 unspecified atom stereocenters. The van der Waals surface area contributed by atoms with E-state index in [0.717, 1.165) is 11.1 Å². The molecular weight excluding hydrogens is 474 g/mol. The largest absolute Gasteiger partial charge is 0.495 e. The quantitative estimate of drug-likeness (QED) is 0.189. The third-order valence-corrected chi connectivity index (χ3v) is 5.97. The smallest absolute Gasteiger partial charge is 0.291 e. The summed E-state index contributed by atoms with van der Waals surface area (Å²) in [6.45, 7) is 4.23. The Kier molecular flexibility index (Phi) is 6.19. The van der Waals surface area contributed by atoms with Crippen LogP contribution >= 0.6 is 0 Å².